The summed E-state index contributed by atoms with van der Waals surface area (Å²) in [5.41, 5.74) is 0.788. The summed E-state index contributed by atoms with van der Waals surface area (Å²) in [6.07, 6.45) is 5.27. The number of amides is 2. The minimum Gasteiger partial charge on any atom is -0.491 e. The minimum absolute atomic E-state index is 0.106. The van der Waals surface area contributed by atoms with Crippen LogP contribution < -0.4 is 20.7 Å². The Balaban J connectivity index is 1.18. The molecule has 1 aliphatic rings. The molecule has 12 heteroatoms. The Morgan fingerprint density at radius 2 is 1.65 bits per heavy atom. The molecule has 4 aromatic rings. The predicted octanol–water partition coefficient (Wildman–Crippen LogP) is 5.53. The average molecular weight is 589 g/mol. The molecule has 9 nitrogen and oxygen atoms in total. The van der Waals surface area contributed by atoms with Crippen LogP contribution in [0.1, 0.15) is 39.1 Å². The van der Waals surface area contributed by atoms with E-state index in [0.29, 0.717) is 41.4 Å². The highest BCUT2D eigenvalue weighted by Gasteiger charge is 2.20. The summed E-state index contributed by atoms with van der Waals surface area (Å²) < 4.78 is 47.1. The second kappa shape index (κ2) is 13.2. The Kier molecular flexibility index (Phi) is 9.02. The van der Waals surface area contributed by atoms with Crippen LogP contribution in [0.2, 0.25) is 0 Å². The fraction of sp³-hybridized carbons (Fsp3) is 0.226. The normalized spacial score (nSPS) is 12.8. The number of nitrogens with zero attached hydrogens (tertiary/aromatic N) is 3. The molecular weight excluding hydrogens is 561 g/mol. The number of benzene rings is 2. The van der Waals surface area contributed by atoms with Gasteiger partial charge in [-0.15, -0.1) is 0 Å². The number of likely N-dealkylation sites (tertiary alicyclic amines) is 1. The van der Waals surface area contributed by atoms with Crippen molar-refractivity contribution in [2.75, 3.05) is 42.2 Å². The van der Waals surface area contributed by atoms with E-state index in [2.05, 4.69) is 43.0 Å². The fourth-order valence-electron chi connectivity index (χ4n) is 4.53. The van der Waals surface area contributed by atoms with E-state index in [-0.39, 0.29) is 17.2 Å². The molecule has 3 N–H and O–H groups in total. The number of nitrogens with one attached hydrogen (secondary N) is 3. The largest absolute Gasteiger partial charge is 0.491 e. The van der Waals surface area contributed by atoms with Crippen LogP contribution in [0.15, 0.2) is 54.9 Å². The van der Waals surface area contributed by atoms with Crippen molar-refractivity contribution in [3.63, 3.8) is 0 Å². The maximum atomic E-state index is 14.0. The van der Waals surface area contributed by atoms with Gasteiger partial charge in [-0.05, 0) is 56.6 Å². The molecule has 0 saturated carbocycles. The standard InChI is InChI=1S/C31H27F3N6O3/c1-19-7-8-22(37-30(42)28-26(33)13-20(32)14-27(28)34)16-25(19)29(41)38-23-17-35-31(36-18-23)39-21-5-4-6-24(15-21)43-12-11-40-9-2-3-10-40/h6-8,13-18H,2-3,9-12H2,1H3,(H,37,42)(H,38,41)(H,35,36,39). The molecule has 43 heavy (non-hydrogen) atoms. The van der Waals surface area contributed by atoms with Crippen LogP contribution in [0.4, 0.5) is 36.2 Å². The third-order valence-corrected chi connectivity index (χ3v) is 6.71. The van der Waals surface area contributed by atoms with Crippen molar-refractivity contribution in [3.05, 3.63) is 101 Å². The maximum absolute atomic E-state index is 14.0. The quantitative estimate of drug-likeness (QED) is 0.224. The van der Waals surface area contributed by atoms with E-state index in [4.69, 9.17) is 4.74 Å². The van der Waals surface area contributed by atoms with Gasteiger partial charge < -0.3 is 20.7 Å². The molecule has 0 unspecified atom stereocenters. The molecule has 0 bridgehead atoms. The summed E-state index contributed by atoms with van der Waals surface area (Å²) in [6.45, 7) is 5.33. The maximum Gasteiger partial charge on any atom is 0.261 e. The van der Waals surface area contributed by atoms with Gasteiger partial charge in [0.2, 0.25) is 5.95 Å². The lowest BCUT2D eigenvalue weighted by Crippen LogP contribution is -2.25. The van der Waals surface area contributed by atoms with Gasteiger partial charge in [0.1, 0.15) is 35.4 Å². The van der Waals surface area contributed by atoms with Crippen LogP contribution in [0.25, 0.3) is 0 Å². The van der Waals surface area contributed by atoms with Crippen molar-refractivity contribution in [2.24, 2.45) is 0 Å². The van der Waals surface area contributed by atoms with Gasteiger partial charge in [-0.1, -0.05) is 12.1 Å². The van der Waals surface area contributed by atoms with Crippen LogP contribution in [-0.4, -0.2) is 52.9 Å². The molecule has 1 fully saturated rings. The van der Waals surface area contributed by atoms with Crippen molar-refractivity contribution in [3.8, 4) is 5.75 Å². The molecule has 1 aliphatic heterocycles. The van der Waals surface area contributed by atoms with Gasteiger partial charge in [-0.3, -0.25) is 14.5 Å². The average Bonchev–Trinajstić information content (AvgIpc) is 3.48. The Bertz CT molecular complexity index is 1600. The molecule has 0 atom stereocenters. The highest BCUT2D eigenvalue weighted by Crippen LogP contribution is 2.22. The first-order valence-corrected chi connectivity index (χ1v) is 13.5. The van der Waals surface area contributed by atoms with E-state index in [1.807, 2.05) is 0 Å². The number of rotatable bonds is 10. The summed E-state index contributed by atoms with van der Waals surface area (Å²) in [4.78, 5) is 36.3. The molecule has 2 heterocycles. The molecule has 0 radical (unpaired) electrons. The molecule has 1 aromatic heterocycles. The zero-order valence-corrected chi connectivity index (χ0v) is 23.1. The first-order valence-electron chi connectivity index (χ1n) is 13.5. The fourth-order valence-corrected chi connectivity index (χ4v) is 4.53. The lowest BCUT2D eigenvalue weighted by molar-refractivity contribution is 0.101. The van der Waals surface area contributed by atoms with Crippen LogP contribution in [-0.2, 0) is 0 Å². The molecule has 220 valence electrons. The van der Waals surface area contributed by atoms with Gasteiger partial charge in [0, 0.05) is 42.1 Å². The van der Waals surface area contributed by atoms with Gasteiger partial charge in [-0.25, -0.2) is 23.1 Å². The van der Waals surface area contributed by atoms with E-state index in [1.54, 1.807) is 25.1 Å². The SMILES string of the molecule is Cc1ccc(NC(=O)c2c(F)cc(F)cc2F)cc1C(=O)Nc1cnc(Nc2c#ccc(OCCN3CCCC3)c2)nc1. The lowest BCUT2D eigenvalue weighted by atomic mass is 10.1. The summed E-state index contributed by atoms with van der Waals surface area (Å²) >= 11 is 0. The van der Waals surface area contributed by atoms with Crippen LogP contribution in [0.5, 0.6) is 5.75 Å². The van der Waals surface area contributed by atoms with Gasteiger partial charge in [0.25, 0.3) is 11.8 Å². The zero-order valence-electron chi connectivity index (χ0n) is 23.1. The number of aromatic nitrogens is 2. The smallest absolute Gasteiger partial charge is 0.261 e. The minimum atomic E-state index is -1.34. The number of halogens is 3. The first kappa shape index (κ1) is 29.3. The van der Waals surface area contributed by atoms with Gasteiger partial charge in [-0.2, -0.15) is 0 Å². The Labute approximate surface area is 246 Å². The van der Waals surface area contributed by atoms with Crippen molar-refractivity contribution in [1.29, 1.82) is 0 Å². The summed E-state index contributed by atoms with van der Waals surface area (Å²) in [5, 5.41) is 8.03. The molecule has 0 spiro atoms. The van der Waals surface area contributed by atoms with Crippen molar-refractivity contribution in [1.82, 2.24) is 14.9 Å². The van der Waals surface area contributed by atoms with Gasteiger partial charge in [0.05, 0.1) is 23.8 Å². The number of carbonyl (C=O) groups excluding carboxylic acids is 2. The Morgan fingerprint density at radius 1 is 0.953 bits per heavy atom. The number of hydrogen-bond acceptors (Lipinski definition) is 7. The summed E-state index contributed by atoms with van der Waals surface area (Å²) in [5.74, 6) is -4.59. The highest BCUT2D eigenvalue weighted by atomic mass is 19.1. The van der Waals surface area contributed by atoms with E-state index in [1.165, 1.54) is 37.4 Å². The number of aryl methyl sites for hydroxylation is 1. The summed E-state index contributed by atoms with van der Waals surface area (Å²) in [6, 6.07) is 14.5. The van der Waals surface area contributed by atoms with E-state index in [9.17, 15) is 22.8 Å². The molecule has 5 rings (SSSR count). The second-order valence-corrected chi connectivity index (χ2v) is 9.87. The van der Waals surface area contributed by atoms with Crippen molar-refractivity contribution >= 4 is 34.8 Å². The summed E-state index contributed by atoms with van der Waals surface area (Å²) in [7, 11) is 0. The topological polar surface area (TPSA) is 108 Å². The Morgan fingerprint density at radius 3 is 2.37 bits per heavy atom. The third kappa shape index (κ3) is 7.58. The predicted molar refractivity (Wildman–Crippen MR) is 154 cm³/mol. The van der Waals surface area contributed by atoms with Gasteiger partial charge >= 0.3 is 0 Å². The molecule has 1 saturated heterocycles. The third-order valence-electron chi connectivity index (χ3n) is 6.71. The first-order chi connectivity index (χ1) is 20.7. The molecular formula is C31H27F3N6O3. The highest BCUT2D eigenvalue weighted by molar-refractivity contribution is 6.08. The van der Waals surface area contributed by atoms with Gasteiger partial charge in [0.15, 0.2) is 0 Å². The number of ether oxygens (including phenoxy) is 1. The zero-order chi connectivity index (χ0) is 30.3. The second-order valence-electron chi connectivity index (χ2n) is 9.87. The number of hydrogen-bond donors (Lipinski definition) is 3. The van der Waals surface area contributed by atoms with E-state index >= 15 is 0 Å². The number of carbonyl (C=O) groups is 2. The number of anilines is 4. The molecule has 2 amide bonds. The van der Waals surface area contributed by atoms with Crippen LogP contribution >= 0.6 is 0 Å². The van der Waals surface area contributed by atoms with Crippen molar-refractivity contribution in [2.45, 2.75) is 19.8 Å². The van der Waals surface area contributed by atoms with E-state index < -0.39 is 34.8 Å². The van der Waals surface area contributed by atoms with Crippen molar-refractivity contribution < 1.29 is 27.5 Å². The van der Waals surface area contributed by atoms with Crippen LogP contribution in [0, 0.1) is 36.5 Å². The Hall–Kier alpha value is -5.15. The van der Waals surface area contributed by atoms with E-state index in [0.717, 1.165) is 19.6 Å². The lowest BCUT2D eigenvalue weighted by Gasteiger charge is -2.14. The molecule has 3 aromatic carbocycles. The molecule has 0 aliphatic carbocycles. The monoisotopic (exact) mass is 588 g/mol. The van der Waals surface area contributed by atoms with Crippen LogP contribution in [0.3, 0.4) is 0 Å².